The highest BCUT2D eigenvalue weighted by molar-refractivity contribution is 5.99. The number of nitrogens with zero attached hydrogens (tertiary/aromatic N) is 2. The summed E-state index contributed by atoms with van der Waals surface area (Å²) in [4.78, 5) is 27.1. The molecule has 21 heavy (non-hydrogen) atoms. The van der Waals surface area contributed by atoms with Crippen molar-refractivity contribution in [3.8, 4) is 0 Å². The van der Waals surface area contributed by atoms with Gasteiger partial charge in [-0.1, -0.05) is 12.1 Å². The lowest BCUT2D eigenvalue weighted by atomic mass is 10.2. The molecule has 0 aliphatic carbocycles. The Balaban J connectivity index is 1.89. The summed E-state index contributed by atoms with van der Waals surface area (Å²) in [5.74, 6) is -1.05. The highest BCUT2D eigenvalue weighted by Gasteiger charge is 2.16. The Morgan fingerprint density at radius 2 is 1.95 bits per heavy atom. The van der Waals surface area contributed by atoms with Crippen LogP contribution in [0.25, 0.3) is 0 Å². The monoisotopic (exact) mass is 291 g/mol. The average Bonchev–Trinajstić information content (AvgIpc) is 2.98. The number of carbonyl (C=O) groups excluding carboxylic acids is 1. The fourth-order valence-electron chi connectivity index (χ4n) is 2.39. The highest BCUT2D eigenvalue weighted by atomic mass is 16.4. The first kappa shape index (κ1) is 15.3. The first-order valence-electron chi connectivity index (χ1n) is 7.14. The highest BCUT2D eigenvalue weighted by Crippen LogP contribution is 2.15. The van der Waals surface area contributed by atoms with Crippen molar-refractivity contribution in [2.75, 3.05) is 38.5 Å². The van der Waals surface area contributed by atoms with E-state index in [1.807, 2.05) is 0 Å². The largest absolute Gasteiger partial charge is 0.478 e. The molecular formula is C15H21N3O3. The molecule has 0 spiro atoms. The summed E-state index contributed by atoms with van der Waals surface area (Å²) in [7, 11) is 1.72. The number of carboxylic acids is 1. The molecule has 0 bridgehead atoms. The van der Waals surface area contributed by atoms with Crippen LogP contribution in [0, 0.1) is 0 Å². The number of amides is 2. The van der Waals surface area contributed by atoms with Crippen molar-refractivity contribution in [1.29, 1.82) is 0 Å². The number of rotatable bonds is 5. The Morgan fingerprint density at radius 1 is 1.29 bits per heavy atom. The van der Waals surface area contributed by atoms with Crippen LogP contribution in [0.3, 0.4) is 0 Å². The maximum Gasteiger partial charge on any atom is 0.337 e. The Kier molecular flexibility index (Phi) is 5.16. The van der Waals surface area contributed by atoms with Gasteiger partial charge in [-0.3, -0.25) is 0 Å². The van der Waals surface area contributed by atoms with Crippen LogP contribution in [0.1, 0.15) is 23.2 Å². The van der Waals surface area contributed by atoms with Gasteiger partial charge in [0.1, 0.15) is 0 Å². The predicted molar refractivity (Wildman–Crippen MR) is 80.7 cm³/mol. The molecule has 1 aliphatic rings. The zero-order valence-electron chi connectivity index (χ0n) is 12.2. The second-order valence-corrected chi connectivity index (χ2v) is 5.25. The minimum Gasteiger partial charge on any atom is -0.478 e. The van der Waals surface area contributed by atoms with E-state index in [0.717, 1.165) is 19.6 Å². The van der Waals surface area contributed by atoms with E-state index in [2.05, 4.69) is 10.2 Å². The van der Waals surface area contributed by atoms with Crippen molar-refractivity contribution in [2.24, 2.45) is 0 Å². The molecule has 1 heterocycles. The summed E-state index contributed by atoms with van der Waals surface area (Å²) in [6.07, 6.45) is 2.45. The number of para-hydroxylation sites is 1. The molecular weight excluding hydrogens is 270 g/mol. The maximum atomic E-state index is 12.1. The van der Waals surface area contributed by atoms with E-state index in [4.69, 9.17) is 5.11 Å². The normalized spacial score (nSPS) is 14.9. The molecule has 6 heteroatoms. The molecule has 1 saturated heterocycles. The molecule has 0 unspecified atom stereocenters. The first-order valence-corrected chi connectivity index (χ1v) is 7.14. The van der Waals surface area contributed by atoms with Gasteiger partial charge in [0.05, 0.1) is 11.3 Å². The molecule has 0 atom stereocenters. The number of hydrogen-bond acceptors (Lipinski definition) is 3. The third-order valence-corrected chi connectivity index (χ3v) is 3.70. The van der Waals surface area contributed by atoms with Gasteiger partial charge in [0.15, 0.2) is 0 Å². The lowest BCUT2D eigenvalue weighted by Gasteiger charge is -2.22. The molecule has 0 aromatic heterocycles. The number of hydrogen-bond donors (Lipinski definition) is 2. The number of likely N-dealkylation sites (N-methyl/N-ethyl adjacent to an activating group) is 1. The first-order chi connectivity index (χ1) is 10.1. The molecule has 1 aromatic rings. The van der Waals surface area contributed by atoms with E-state index in [0.29, 0.717) is 12.2 Å². The van der Waals surface area contributed by atoms with Crippen molar-refractivity contribution >= 4 is 17.7 Å². The summed E-state index contributed by atoms with van der Waals surface area (Å²) in [5.41, 5.74) is 0.418. The van der Waals surface area contributed by atoms with Gasteiger partial charge in [-0.2, -0.15) is 0 Å². The molecule has 1 fully saturated rings. The van der Waals surface area contributed by atoms with Gasteiger partial charge in [0, 0.05) is 20.1 Å². The number of benzene rings is 1. The lowest BCUT2D eigenvalue weighted by molar-refractivity contribution is 0.0698. The van der Waals surface area contributed by atoms with E-state index in [-0.39, 0.29) is 11.6 Å². The fraction of sp³-hybridized carbons (Fsp3) is 0.467. The van der Waals surface area contributed by atoms with Gasteiger partial charge >= 0.3 is 12.0 Å². The number of aromatic carboxylic acids is 1. The fourth-order valence-corrected chi connectivity index (χ4v) is 2.39. The SMILES string of the molecule is CN(CCN1CCCC1)C(=O)Nc1ccccc1C(=O)O. The average molecular weight is 291 g/mol. The van der Waals surface area contributed by atoms with E-state index >= 15 is 0 Å². The van der Waals surface area contributed by atoms with Crippen molar-refractivity contribution in [1.82, 2.24) is 9.80 Å². The van der Waals surface area contributed by atoms with Crippen molar-refractivity contribution < 1.29 is 14.7 Å². The van der Waals surface area contributed by atoms with Gasteiger partial charge in [0.25, 0.3) is 0 Å². The maximum absolute atomic E-state index is 12.1. The van der Waals surface area contributed by atoms with Gasteiger partial charge in [0.2, 0.25) is 0 Å². The Hall–Kier alpha value is -2.08. The van der Waals surface area contributed by atoms with Crippen LogP contribution < -0.4 is 5.32 Å². The topological polar surface area (TPSA) is 72.9 Å². The second kappa shape index (κ2) is 7.08. The van der Waals surface area contributed by atoms with E-state index in [1.54, 1.807) is 30.1 Å². The molecule has 6 nitrogen and oxygen atoms in total. The minimum atomic E-state index is -1.05. The van der Waals surface area contributed by atoms with Gasteiger partial charge in [-0.05, 0) is 38.1 Å². The standard InChI is InChI=1S/C15H21N3O3/c1-17(10-11-18-8-4-5-9-18)15(21)16-13-7-3-2-6-12(13)14(19)20/h2-3,6-7H,4-5,8-11H2,1H3,(H,16,21)(H,19,20). The molecule has 1 aliphatic heterocycles. The van der Waals surface area contributed by atoms with E-state index in [1.165, 1.54) is 18.9 Å². The van der Waals surface area contributed by atoms with Gasteiger partial charge < -0.3 is 20.2 Å². The number of urea groups is 1. The Labute approximate surface area is 124 Å². The van der Waals surface area contributed by atoms with Crippen molar-refractivity contribution in [2.45, 2.75) is 12.8 Å². The summed E-state index contributed by atoms with van der Waals surface area (Å²) < 4.78 is 0. The summed E-state index contributed by atoms with van der Waals surface area (Å²) in [6, 6.07) is 6.11. The van der Waals surface area contributed by atoms with E-state index in [9.17, 15) is 9.59 Å². The minimum absolute atomic E-state index is 0.0961. The zero-order chi connectivity index (χ0) is 15.2. The van der Waals surface area contributed by atoms with Crippen LogP contribution in [-0.4, -0.2) is 60.1 Å². The summed E-state index contributed by atoms with van der Waals surface area (Å²) in [5, 5.41) is 11.7. The quantitative estimate of drug-likeness (QED) is 0.869. The molecule has 1 aromatic carbocycles. The van der Waals surface area contributed by atoms with Crippen molar-refractivity contribution in [3.05, 3.63) is 29.8 Å². The molecule has 2 N–H and O–H groups in total. The number of carbonyl (C=O) groups is 2. The third-order valence-electron chi connectivity index (χ3n) is 3.70. The number of carboxylic acid groups (broad SMARTS) is 1. The molecule has 0 saturated carbocycles. The molecule has 2 rings (SSSR count). The van der Waals surface area contributed by atoms with Crippen LogP contribution in [0.5, 0.6) is 0 Å². The Morgan fingerprint density at radius 3 is 2.62 bits per heavy atom. The van der Waals surface area contributed by atoms with Crippen molar-refractivity contribution in [3.63, 3.8) is 0 Å². The van der Waals surface area contributed by atoms with Crippen LogP contribution in [0.15, 0.2) is 24.3 Å². The van der Waals surface area contributed by atoms with Gasteiger partial charge in [-0.15, -0.1) is 0 Å². The molecule has 0 radical (unpaired) electrons. The number of nitrogens with one attached hydrogen (secondary N) is 1. The third kappa shape index (κ3) is 4.19. The lowest BCUT2D eigenvalue weighted by Crippen LogP contribution is -2.37. The molecule has 2 amide bonds. The summed E-state index contributed by atoms with van der Waals surface area (Å²) in [6.45, 7) is 3.67. The number of likely N-dealkylation sites (tertiary alicyclic amines) is 1. The number of anilines is 1. The Bertz CT molecular complexity index is 513. The van der Waals surface area contributed by atoms with Crippen LogP contribution in [0.4, 0.5) is 10.5 Å². The van der Waals surface area contributed by atoms with Crippen LogP contribution in [0.2, 0.25) is 0 Å². The smallest absolute Gasteiger partial charge is 0.337 e. The van der Waals surface area contributed by atoms with E-state index < -0.39 is 5.97 Å². The van der Waals surface area contributed by atoms with Gasteiger partial charge in [-0.25, -0.2) is 9.59 Å². The second-order valence-electron chi connectivity index (χ2n) is 5.25. The van der Waals surface area contributed by atoms with Crippen LogP contribution >= 0.6 is 0 Å². The zero-order valence-corrected chi connectivity index (χ0v) is 12.2. The molecule has 114 valence electrons. The summed E-state index contributed by atoms with van der Waals surface area (Å²) >= 11 is 0. The predicted octanol–water partition coefficient (Wildman–Crippen LogP) is 1.94. The van der Waals surface area contributed by atoms with Crippen LogP contribution in [-0.2, 0) is 0 Å².